The summed E-state index contributed by atoms with van der Waals surface area (Å²) >= 11 is 0. The Morgan fingerprint density at radius 2 is 1.92 bits per heavy atom. The molecule has 25 heavy (non-hydrogen) atoms. The van der Waals surface area contributed by atoms with E-state index in [4.69, 9.17) is 13.6 Å². The van der Waals surface area contributed by atoms with E-state index >= 15 is 0 Å². The molecule has 1 aromatic carbocycles. The standard InChI is InChI=1S/C22H34BNO/c1-5-7-8-9-10-17-11-15(3)21(20(25)13-17)19-12-16(4)22(23,24)14-18(19)6-2/h11-13,18-19,25H,5-10,14,24H2,1-4H3. The van der Waals surface area contributed by atoms with Gasteiger partial charge in [-0.2, -0.15) is 0 Å². The fourth-order valence-electron chi connectivity index (χ4n) is 4.19. The molecule has 136 valence electrons. The topological polar surface area (TPSA) is 46.2 Å². The molecular weight excluding hydrogens is 305 g/mol. The quantitative estimate of drug-likeness (QED) is 0.412. The van der Waals surface area contributed by atoms with Gasteiger partial charge < -0.3 is 10.8 Å². The first-order valence-electron chi connectivity index (χ1n) is 9.89. The number of aryl methyl sites for hydroxylation is 2. The fraction of sp³-hybridized carbons (Fsp3) is 0.636. The maximum Gasteiger partial charge on any atom is 0.119 e. The molecule has 1 aromatic rings. The number of phenols is 1. The summed E-state index contributed by atoms with van der Waals surface area (Å²) < 4.78 is 0. The minimum Gasteiger partial charge on any atom is -0.508 e. The van der Waals surface area contributed by atoms with Gasteiger partial charge in [0.25, 0.3) is 0 Å². The number of benzene rings is 1. The minimum atomic E-state index is -0.722. The van der Waals surface area contributed by atoms with Crippen LogP contribution in [0.3, 0.4) is 0 Å². The minimum absolute atomic E-state index is 0.194. The number of unbranched alkanes of at least 4 members (excludes halogenated alkanes) is 3. The Balaban J connectivity index is 2.28. The van der Waals surface area contributed by atoms with Crippen molar-refractivity contribution in [1.29, 1.82) is 0 Å². The predicted molar refractivity (Wildman–Crippen MR) is 108 cm³/mol. The van der Waals surface area contributed by atoms with Gasteiger partial charge in [0.1, 0.15) is 13.6 Å². The summed E-state index contributed by atoms with van der Waals surface area (Å²) in [6.07, 6.45) is 9.97. The predicted octanol–water partition coefficient (Wildman–Crippen LogP) is 5.11. The van der Waals surface area contributed by atoms with Gasteiger partial charge in [0, 0.05) is 11.5 Å². The summed E-state index contributed by atoms with van der Waals surface area (Å²) in [6.45, 7) is 8.53. The molecule has 0 aliphatic heterocycles. The van der Waals surface area contributed by atoms with E-state index in [0.29, 0.717) is 11.7 Å². The molecule has 0 amide bonds. The van der Waals surface area contributed by atoms with Crippen LogP contribution in [0, 0.1) is 12.8 Å². The van der Waals surface area contributed by atoms with E-state index in [0.717, 1.165) is 30.4 Å². The summed E-state index contributed by atoms with van der Waals surface area (Å²) in [7, 11) is 6.25. The Hall–Kier alpha value is -1.22. The molecule has 0 fully saturated rings. The first kappa shape index (κ1) is 20.1. The van der Waals surface area contributed by atoms with Crippen LogP contribution in [0.1, 0.15) is 81.9 Å². The van der Waals surface area contributed by atoms with Crippen molar-refractivity contribution in [2.24, 2.45) is 11.7 Å². The molecule has 1 aliphatic rings. The number of rotatable bonds is 7. The van der Waals surface area contributed by atoms with E-state index in [9.17, 15) is 5.11 Å². The summed E-state index contributed by atoms with van der Waals surface area (Å²) in [4.78, 5) is 0. The van der Waals surface area contributed by atoms with Crippen molar-refractivity contribution in [2.75, 3.05) is 0 Å². The van der Waals surface area contributed by atoms with E-state index in [1.54, 1.807) is 0 Å². The zero-order valence-electron chi connectivity index (χ0n) is 16.4. The smallest absolute Gasteiger partial charge is 0.119 e. The average molecular weight is 339 g/mol. The molecule has 1 aliphatic carbocycles. The summed E-state index contributed by atoms with van der Waals surface area (Å²) in [6, 6.07) is 4.22. The molecule has 3 N–H and O–H groups in total. The Morgan fingerprint density at radius 1 is 1.20 bits per heavy atom. The van der Waals surface area contributed by atoms with Gasteiger partial charge in [-0.1, -0.05) is 57.2 Å². The molecule has 3 heteroatoms. The lowest BCUT2D eigenvalue weighted by Gasteiger charge is -2.40. The molecule has 0 heterocycles. The highest BCUT2D eigenvalue weighted by molar-refractivity contribution is 6.17. The monoisotopic (exact) mass is 339 g/mol. The van der Waals surface area contributed by atoms with Crippen LogP contribution in [0.4, 0.5) is 0 Å². The van der Waals surface area contributed by atoms with Gasteiger partial charge in [0.05, 0.1) is 0 Å². The van der Waals surface area contributed by atoms with Crippen molar-refractivity contribution in [3.05, 3.63) is 40.5 Å². The Kier molecular flexibility index (Phi) is 6.79. The molecule has 0 aromatic heterocycles. The van der Waals surface area contributed by atoms with Crippen molar-refractivity contribution < 1.29 is 5.11 Å². The first-order chi connectivity index (χ1) is 11.8. The number of aromatic hydroxyl groups is 1. The lowest BCUT2D eigenvalue weighted by atomic mass is 9.60. The van der Waals surface area contributed by atoms with E-state index in [-0.39, 0.29) is 5.92 Å². The van der Waals surface area contributed by atoms with Crippen molar-refractivity contribution in [1.82, 2.24) is 0 Å². The molecule has 0 saturated carbocycles. The normalized spacial score (nSPS) is 26.5. The zero-order valence-corrected chi connectivity index (χ0v) is 16.4. The first-order valence-corrected chi connectivity index (χ1v) is 9.89. The highest BCUT2D eigenvalue weighted by atomic mass is 16.3. The van der Waals surface area contributed by atoms with Crippen LogP contribution in [0.5, 0.6) is 5.75 Å². The zero-order chi connectivity index (χ0) is 18.6. The molecule has 2 radical (unpaired) electrons. The van der Waals surface area contributed by atoms with Gasteiger partial charge in [-0.25, -0.2) is 0 Å². The van der Waals surface area contributed by atoms with Crippen LogP contribution in [0.25, 0.3) is 0 Å². The van der Waals surface area contributed by atoms with E-state index in [1.807, 2.05) is 13.0 Å². The van der Waals surface area contributed by atoms with E-state index < -0.39 is 5.44 Å². The Labute approximate surface area is 155 Å². The molecule has 3 unspecified atom stereocenters. The third-order valence-electron chi connectivity index (χ3n) is 5.87. The highest BCUT2D eigenvalue weighted by Gasteiger charge is 2.35. The highest BCUT2D eigenvalue weighted by Crippen LogP contribution is 2.44. The summed E-state index contributed by atoms with van der Waals surface area (Å²) in [5.74, 6) is 0.984. The van der Waals surface area contributed by atoms with Gasteiger partial charge in [-0.3, -0.25) is 0 Å². The van der Waals surface area contributed by atoms with Crippen LogP contribution in [0.15, 0.2) is 23.8 Å². The SMILES string of the molecule is [B]C1(N)CC(CC)C(c2c(C)cc(CCCCCC)cc2O)C=C1C. The fourth-order valence-corrected chi connectivity index (χ4v) is 4.19. The second kappa shape index (κ2) is 8.44. The maximum atomic E-state index is 10.8. The third-order valence-corrected chi connectivity index (χ3v) is 5.87. The molecule has 2 rings (SSSR count). The van der Waals surface area contributed by atoms with Crippen LogP contribution >= 0.6 is 0 Å². The summed E-state index contributed by atoms with van der Waals surface area (Å²) in [5.41, 5.74) is 10.0. The Bertz CT molecular complexity index is 597. The second-order valence-electron chi connectivity index (χ2n) is 7.94. The van der Waals surface area contributed by atoms with Crippen LogP contribution in [-0.2, 0) is 6.42 Å². The van der Waals surface area contributed by atoms with Gasteiger partial charge in [-0.15, -0.1) is 0 Å². The van der Waals surface area contributed by atoms with Crippen molar-refractivity contribution in [2.45, 2.75) is 84.0 Å². The number of hydrogen-bond donors (Lipinski definition) is 2. The number of hydrogen-bond acceptors (Lipinski definition) is 2. The lowest BCUT2D eigenvalue weighted by molar-refractivity contribution is 0.352. The second-order valence-corrected chi connectivity index (χ2v) is 7.94. The van der Waals surface area contributed by atoms with E-state index in [1.165, 1.54) is 36.8 Å². The molecule has 0 saturated heterocycles. The van der Waals surface area contributed by atoms with Crippen LogP contribution < -0.4 is 5.73 Å². The number of allylic oxidation sites excluding steroid dienone is 1. The van der Waals surface area contributed by atoms with E-state index in [2.05, 4.69) is 32.9 Å². The largest absolute Gasteiger partial charge is 0.508 e. The maximum absolute atomic E-state index is 10.8. The van der Waals surface area contributed by atoms with Gasteiger partial charge in [0.2, 0.25) is 0 Å². The molecular formula is C22H34BNO. The number of phenolic OH excluding ortho intramolecular Hbond substituents is 1. The van der Waals surface area contributed by atoms with Crippen molar-refractivity contribution in [3.63, 3.8) is 0 Å². The van der Waals surface area contributed by atoms with Crippen LogP contribution in [0.2, 0.25) is 0 Å². The molecule has 2 nitrogen and oxygen atoms in total. The van der Waals surface area contributed by atoms with Gasteiger partial charge >= 0.3 is 0 Å². The average Bonchev–Trinajstić information content (AvgIpc) is 2.54. The molecule has 0 bridgehead atoms. The molecule has 3 atom stereocenters. The van der Waals surface area contributed by atoms with Crippen molar-refractivity contribution >= 4 is 7.85 Å². The van der Waals surface area contributed by atoms with Crippen LogP contribution in [-0.4, -0.2) is 18.4 Å². The van der Waals surface area contributed by atoms with Gasteiger partial charge in [-0.05, 0) is 61.7 Å². The summed E-state index contributed by atoms with van der Waals surface area (Å²) in [5, 5.41) is 10.8. The van der Waals surface area contributed by atoms with Gasteiger partial charge in [0.15, 0.2) is 0 Å². The molecule has 0 spiro atoms. The lowest BCUT2D eigenvalue weighted by Crippen LogP contribution is -2.46. The third kappa shape index (κ3) is 4.70. The Morgan fingerprint density at radius 3 is 2.52 bits per heavy atom. The number of nitrogens with two attached hydrogens (primary N) is 1. The van der Waals surface area contributed by atoms with Crippen molar-refractivity contribution in [3.8, 4) is 5.75 Å².